The number of hydrogen-bond donors (Lipinski definition) is 0. The van der Waals surface area contributed by atoms with Crippen LogP contribution in [-0.2, 0) is 0 Å². The molecule has 0 unspecified atom stereocenters. The van der Waals surface area contributed by atoms with Gasteiger partial charge in [-0.3, -0.25) is 10.1 Å². The van der Waals surface area contributed by atoms with Gasteiger partial charge in [0, 0.05) is 6.07 Å². The van der Waals surface area contributed by atoms with E-state index in [0.717, 1.165) is 5.56 Å². The average molecular weight is 291 g/mol. The molecule has 1 heterocycles. The van der Waals surface area contributed by atoms with Crippen molar-refractivity contribution >= 4 is 17.8 Å². The van der Waals surface area contributed by atoms with Crippen LogP contribution in [0.15, 0.2) is 71.1 Å². The Morgan fingerprint density at radius 3 is 2.36 bits per heavy atom. The molecule has 3 aromatic rings. The number of para-hydroxylation sites is 1. The molecule has 0 aliphatic heterocycles. The molecule has 0 aliphatic rings. The van der Waals surface area contributed by atoms with E-state index in [1.165, 1.54) is 6.07 Å². The highest BCUT2D eigenvalue weighted by Crippen LogP contribution is 2.31. The van der Waals surface area contributed by atoms with Gasteiger partial charge in [-0.25, -0.2) is 0 Å². The molecule has 108 valence electrons. The van der Waals surface area contributed by atoms with Crippen molar-refractivity contribution in [3.63, 3.8) is 0 Å². The van der Waals surface area contributed by atoms with Crippen LogP contribution in [0.2, 0.25) is 0 Å². The van der Waals surface area contributed by atoms with Crippen molar-refractivity contribution < 1.29 is 9.34 Å². The third-order valence-corrected chi connectivity index (χ3v) is 3.23. The highest BCUT2D eigenvalue weighted by atomic mass is 16.6. The van der Waals surface area contributed by atoms with Gasteiger partial charge in [-0.15, -0.1) is 0 Å². The molecular formula is C18H13NO3. The first kappa shape index (κ1) is 13.8. The number of benzene rings is 2. The van der Waals surface area contributed by atoms with Crippen molar-refractivity contribution in [2.24, 2.45) is 0 Å². The number of furan rings is 1. The lowest BCUT2D eigenvalue weighted by Gasteiger charge is -1.98. The number of nitro groups is 1. The Balaban J connectivity index is 1.89. The molecule has 0 aliphatic carbocycles. The van der Waals surface area contributed by atoms with E-state index in [1.807, 2.05) is 42.5 Å². The second-order valence-corrected chi connectivity index (χ2v) is 4.72. The highest BCUT2D eigenvalue weighted by molar-refractivity contribution is 5.72. The second kappa shape index (κ2) is 6.10. The van der Waals surface area contributed by atoms with E-state index < -0.39 is 4.92 Å². The molecular weight excluding hydrogens is 278 g/mol. The summed E-state index contributed by atoms with van der Waals surface area (Å²) in [6.45, 7) is 0. The fraction of sp³-hybridized carbons (Fsp3) is 0. The van der Waals surface area contributed by atoms with Crippen molar-refractivity contribution in [1.29, 1.82) is 0 Å². The first-order chi connectivity index (χ1) is 10.7. The molecule has 0 N–H and O–H groups in total. The van der Waals surface area contributed by atoms with E-state index in [4.69, 9.17) is 4.42 Å². The summed E-state index contributed by atoms with van der Waals surface area (Å²) in [7, 11) is 0. The third-order valence-electron chi connectivity index (χ3n) is 3.23. The van der Waals surface area contributed by atoms with Crippen LogP contribution in [0.25, 0.3) is 23.5 Å². The molecule has 2 aromatic carbocycles. The Morgan fingerprint density at radius 2 is 1.59 bits per heavy atom. The molecule has 0 fully saturated rings. The van der Waals surface area contributed by atoms with Crippen LogP contribution in [-0.4, -0.2) is 4.92 Å². The van der Waals surface area contributed by atoms with Crippen LogP contribution >= 0.6 is 0 Å². The van der Waals surface area contributed by atoms with E-state index in [9.17, 15) is 10.1 Å². The molecule has 3 rings (SSSR count). The van der Waals surface area contributed by atoms with Gasteiger partial charge in [0.25, 0.3) is 5.69 Å². The van der Waals surface area contributed by atoms with Crippen LogP contribution < -0.4 is 0 Å². The fourth-order valence-electron chi connectivity index (χ4n) is 2.17. The predicted octanol–water partition coefficient (Wildman–Crippen LogP) is 5.03. The van der Waals surface area contributed by atoms with Gasteiger partial charge in [0.1, 0.15) is 11.5 Å². The minimum absolute atomic E-state index is 0.0374. The lowest BCUT2D eigenvalue weighted by atomic mass is 10.1. The maximum absolute atomic E-state index is 11.1. The monoisotopic (exact) mass is 291 g/mol. The minimum atomic E-state index is -0.405. The van der Waals surface area contributed by atoms with Gasteiger partial charge in [0.2, 0.25) is 0 Å². The quantitative estimate of drug-likeness (QED) is 0.500. The summed E-state index contributed by atoms with van der Waals surface area (Å²) >= 11 is 0. The largest absolute Gasteiger partial charge is 0.456 e. The normalized spacial score (nSPS) is 10.9. The number of nitro benzene ring substituents is 1. The van der Waals surface area contributed by atoms with E-state index >= 15 is 0 Å². The molecule has 0 saturated heterocycles. The average Bonchev–Trinajstić information content (AvgIpc) is 3.03. The molecule has 4 heteroatoms. The predicted molar refractivity (Wildman–Crippen MR) is 86.2 cm³/mol. The first-order valence-electron chi connectivity index (χ1n) is 6.81. The fourth-order valence-corrected chi connectivity index (χ4v) is 2.17. The van der Waals surface area contributed by atoms with E-state index in [-0.39, 0.29) is 5.69 Å². The SMILES string of the molecule is O=[N+]([O-])c1ccccc1-c1ccc(C=Cc2ccccc2)o1. The summed E-state index contributed by atoms with van der Waals surface area (Å²) in [5, 5.41) is 11.1. The minimum Gasteiger partial charge on any atom is -0.456 e. The zero-order chi connectivity index (χ0) is 15.4. The zero-order valence-electron chi connectivity index (χ0n) is 11.7. The summed E-state index contributed by atoms with van der Waals surface area (Å²) in [4.78, 5) is 10.7. The van der Waals surface area contributed by atoms with Gasteiger partial charge in [0.15, 0.2) is 0 Å². The Kier molecular flexibility index (Phi) is 3.83. The summed E-state index contributed by atoms with van der Waals surface area (Å²) < 4.78 is 5.69. The Morgan fingerprint density at radius 1 is 0.864 bits per heavy atom. The number of rotatable bonds is 4. The van der Waals surface area contributed by atoms with E-state index in [1.54, 1.807) is 30.3 Å². The van der Waals surface area contributed by atoms with Gasteiger partial charge in [0.05, 0.1) is 10.5 Å². The van der Waals surface area contributed by atoms with Crippen LogP contribution in [0.3, 0.4) is 0 Å². The van der Waals surface area contributed by atoms with Gasteiger partial charge in [-0.05, 0) is 29.8 Å². The van der Waals surface area contributed by atoms with Crippen LogP contribution in [0.4, 0.5) is 5.69 Å². The summed E-state index contributed by atoms with van der Waals surface area (Å²) in [5.74, 6) is 1.14. The Hall–Kier alpha value is -3.14. The first-order valence-corrected chi connectivity index (χ1v) is 6.81. The van der Waals surface area contributed by atoms with Crippen molar-refractivity contribution in [2.75, 3.05) is 0 Å². The maximum Gasteiger partial charge on any atom is 0.280 e. The summed E-state index contributed by atoms with van der Waals surface area (Å²) in [6.07, 6.45) is 3.77. The smallest absolute Gasteiger partial charge is 0.280 e. The second-order valence-electron chi connectivity index (χ2n) is 4.72. The molecule has 0 bridgehead atoms. The summed E-state index contributed by atoms with van der Waals surface area (Å²) in [5.41, 5.74) is 1.58. The highest BCUT2D eigenvalue weighted by Gasteiger charge is 2.16. The van der Waals surface area contributed by atoms with Crippen LogP contribution in [0, 0.1) is 10.1 Å². The van der Waals surface area contributed by atoms with Gasteiger partial charge < -0.3 is 4.42 Å². The number of nitrogens with zero attached hydrogens (tertiary/aromatic N) is 1. The standard InChI is InChI=1S/C18H13NO3/c20-19(21)17-9-5-4-8-16(17)18-13-12-15(22-18)11-10-14-6-2-1-3-7-14/h1-13H. The number of hydrogen-bond acceptors (Lipinski definition) is 3. The van der Waals surface area contributed by atoms with Gasteiger partial charge >= 0.3 is 0 Å². The van der Waals surface area contributed by atoms with Crippen molar-refractivity contribution in [3.8, 4) is 11.3 Å². The van der Waals surface area contributed by atoms with Gasteiger partial charge in [-0.2, -0.15) is 0 Å². The van der Waals surface area contributed by atoms with Crippen molar-refractivity contribution in [3.05, 3.63) is 88.2 Å². The lowest BCUT2D eigenvalue weighted by molar-refractivity contribution is -0.384. The van der Waals surface area contributed by atoms with Gasteiger partial charge in [-0.1, -0.05) is 48.5 Å². The molecule has 0 spiro atoms. The van der Waals surface area contributed by atoms with E-state index in [0.29, 0.717) is 17.1 Å². The Bertz CT molecular complexity index is 819. The molecule has 0 radical (unpaired) electrons. The maximum atomic E-state index is 11.1. The lowest BCUT2D eigenvalue weighted by Crippen LogP contribution is -1.90. The molecule has 4 nitrogen and oxygen atoms in total. The molecule has 0 amide bonds. The van der Waals surface area contributed by atoms with Crippen LogP contribution in [0.5, 0.6) is 0 Å². The molecule has 0 atom stereocenters. The molecule has 22 heavy (non-hydrogen) atoms. The summed E-state index contributed by atoms with van der Waals surface area (Å²) in [6, 6.07) is 19.9. The third kappa shape index (κ3) is 2.96. The molecule has 1 aromatic heterocycles. The topological polar surface area (TPSA) is 56.3 Å². The van der Waals surface area contributed by atoms with Crippen molar-refractivity contribution in [1.82, 2.24) is 0 Å². The molecule has 0 saturated carbocycles. The Labute approximate surface area is 127 Å². The zero-order valence-corrected chi connectivity index (χ0v) is 11.7. The van der Waals surface area contributed by atoms with Crippen LogP contribution in [0.1, 0.15) is 11.3 Å². The van der Waals surface area contributed by atoms with Crippen molar-refractivity contribution in [2.45, 2.75) is 0 Å². The van der Waals surface area contributed by atoms with E-state index in [2.05, 4.69) is 0 Å².